The highest BCUT2D eigenvalue weighted by Gasteiger charge is 2.09. The molecule has 2 aromatic heterocycles. The zero-order valence-corrected chi connectivity index (χ0v) is 8.86. The summed E-state index contributed by atoms with van der Waals surface area (Å²) >= 11 is 1.28. The quantitative estimate of drug-likeness (QED) is 0.842. The van der Waals surface area contributed by atoms with Gasteiger partial charge in [-0.2, -0.15) is 5.10 Å². The highest BCUT2D eigenvalue weighted by molar-refractivity contribution is 7.13. The van der Waals surface area contributed by atoms with E-state index in [1.807, 2.05) is 6.92 Å². The molecule has 2 rings (SSSR count). The number of nitrogens with one attached hydrogen (secondary N) is 1. The Morgan fingerprint density at radius 3 is 3.13 bits per heavy atom. The average Bonchev–Trinajstić information content (AvgIpc) is 2.86. The van der Waals surface area contributed by atoms with Crippen molar-refractivity contribution in [2.24, 2.45) is 0 Å². The van der Waals surface area contributed by atoms with Crippen LogP contribution in [0.2, 0.25) is 0 Å². The van der Waals surface area contributed by atoms with Gasteiger partial charge in [-0.3, -0.25) is 14.8 Å². The Labute approximate surface area is 90.0 Å². The Bertz CT molecular complexity index is 449. The van der Waals surface area contributed by atoms with E-state index < -0.39 is 0 Å². The molecule has 6 nitrogen and oxygen atoms in total. The predicted molar refractivity (Wildman–Crippen MR) is 55.8 cm³/mol. The fourth-order valence-electron chi connectivity index (χ4n) is 1.05. The molecule has 0 saturated carbocycles. The molecular formula is C8H9N5OS. The summed E-state index contributed by atoms with van der Waals surface area (Å²) in [7, 11) is 0. The van der Waals surface area contributed by atoms with Gasteiger partial charge < -0.3 is 0 Å². The molecule has 78 valence electrons. The SMILES string of the molecule is CCn1cc(C(=O)Nc2nncs2)cn1. The van der Waals surface area contributed by atoms with Crippen molar-refractivity contribution in [3.8, 4) is 0 Å². The van der Waals surface area contributed by atoms with Crippen LogP contribution >= 0.6 is 11.3 Å². The molecule has 0 fully saturated rings. The smallest absolute Gasteiger partial charge is 0.260 e. The van der Waals surface area contributed by atoms with E-state index in [0.717, 1.165) is 6.54 Å². The number of anilines is 1. The number of hydrogen-bond donors (Lipinski definition) is 1. The van der Waals surface area contributed by atoms with Crippen molar-refractivity contribution in [2.75, 3.05) is 5.32 Å². The summed E-state index contributed by atoms with van der Waals surface area (Å²) in [6.45, 7) is 2.70. The summed E-state index contributed by atoms with van der Waals surface area (Å²) in [5, 5.41) is 14.5. The number of aryl methyl sites for hydroxylation is 1. The van der Waals surface area contributed by atoms with Crippen LogP contribution in [0.4, 0.5) is 5.13 Å². The molecule has 15 heavy (non-hydrogen) atoms. The van der Waals surface area contributed by atoms with Gasteiger partial charge >= 0.3 is 0 Å². The third-order valence-electron chi connectivity index (χ3n) is 1.80. The number of hydrogen-bond acceptors (Lipinski definition) is 5. The van der Waals surface area contributed by atoms with E-state index in [1.54, 1.807) is 16.4 Å². The van der Waals surface area contributed by atoms with Crippen molar-refractivity contribution in [3.05, 3.63) is 23.5 Å². The topological polar surface area (TPSA) is 72.7 Å². The lowest BCUT2D eigenvalue weighted by molar-refractivity contribution is 0.102. The number of nitrogens with zero attached hydrogens (tertiary/aromatic N) is 4. The largest absolute Gasteiger partial charge is 0.296 e. The van der Waals surface area contributed by atoms with Gasteiger partial charge in [-0.25, -0.2) is 0 Å². The maximum absolute atomic E-state index is 11.6. The van der Waals surface area contributed by atoms with Gasteiger partial charge in [0, 0.05) is 12.7 Å². The number of carbonyl (C=O) groups excluding carboxylic acids is 1. The fourth-order valence-corrected chi connectivity index (χ4v) is 1.49. The van der Waals surface area contributed by atoms with E-state index in [0.29, 0.717) is 10.7 Å². The van der Waals surface area contributed by atoms with Crippen molar-refractivity contribution in [3.63, 3.8) is 0 Å². The van der Waals surface area contributed by atoms with Crippen LogP contribution in [-0.4, -0.2) is 25.9 Å². The molecule has 0 unspecified atom stereocenters. The first-order chi connectivity index (χ1) is 7.29. The molecule has 0 aliphatic rings. The number of carbonyl (C=O) groups is 1. The molecule has 7 heteroatoms. The zero-order chi connectivity index (χ0) is 10.7. The second kappa shape index (κ2) is 4.18. The summed E-state index contributed by atoms with van der Waals surface area (Å²) in [6, 6.07) is 0. The van der Waals surface area contributed by atoms with Gasteiger partial charge in [-0.15, -0.1) is 10.2 Å². The van der Waals surface area contributed by atoms with Gasteiger partial charge in [0.2, 0.25) is 5.13 Å². The van der Waals surface area contributed by atoms with Crippen LogP contribution < -0.4 is 5.32 Å². The van der Waals surface area contributed by atoms with Gasteiger partial charge in [0.05, 0.1) is 11.8 Å². The molecule has 0 radical (unpaired) electrons. The number of amides is 1. The van der Waals surface area contributed by atoms with Crippen molar-refractivity contribution >= 4 is 22.4 Å². The van der Waals surface area contributed by atoms with Crippen LogP contribution in [0.3, 0.4) is 0 Å². The first kappa shape index (κ1) is 9.78. The highest BCUT2D eigenvalue weighted by Crippen LogP contribution is 2.10. The van der Waals surface area contributed by atoms with E-state index in [4.69, 9.17) is 0 Å². The van der Waals surface area contributed by atoms with E-state index in [1.165, 1.54) is 17.5 Å². The molecule has 2 aromatic rings. The van der Waals surface area contributed by atoms with Crippen LogP contribution in [-0.2, 0) is 6.54 Å². The van der Waals surface area contributed by atoms with E-state index >= 15 is 0 Å². The van der Waals surface area contributed by atoms with E-state index in [2.05, 4.69) is 20.6 Å². The molecule has 0 aliphatic heterocycles. The van der Waals surface area contributed by atoms with Gasteiger partial charge in [0.1, 0.15) is 5.51 Å². The summed E-state index contributed by atoms with van der Waals surface area (Å²) in [5.41, 5.74) is 2.08. The molecule has 0 aliphatic carbocycles. The van der Waals surface area contributed by atoms with Gasteiger partial charge in [-0.1, -0.05) is 11.3 Å². The van der Waals surface area contributed by atoms with Crippen molar-refractivity contribution < 1.29 is 4.79 Å². The minimum atomic E-state index is -0.216. The summed E-state index contributed by atoms with van der Waals surface area (Å²) < 4.78 is 1.69. The zero-order valence-electron chi connectivity index (χ0n) is 8.04. The molecule has 0 aromatic carbocycles. The number of rotatable bonds is 3. The Kier molecular flexibility index (Phi) is 2.72. The summed E-state index contributed by atoms with van der Waals surface area (Å²) in [6.07, 6.45) is 3.22. The minimum Gasteiger partial charge on any atom is -0.296 e. The molecule has 0 bridgehead atoms. The van der Waals surface area contributed by atoms with E-state index in [9.17, 15) is 4.79 Å². The molecular weight excluding hydrogens is 214 g/mol. The molecule has 2 heterocycles. The van der Waals surface area contributed by atoms with Gasteiger partial charge in [0.25, 0.3) is 5.91 Å². The lowest BCUT2D eigenvalue weighted by Gasteiger charge is -1.96. The maximum atomic E-state index is 11.6. The van der Waals surface area contributed by atoms with Gasteiger partial charge in [-0.05, 0) is 6.92 Å². The third kappa shape index (κ3) is 2.18. The Morgan fingerprint density at radius 2 is 2.53 bits per heavy atom. The Hall–Kier alpha value is -1.76. The van der Waals surface area contributed by atoms with Crippen molar-refractivity contribution in [1.82, 2.24) is 20.0 Å². The Morgan fingerprint density at radius 1 is 1.67 bits per heavy atom. The van der Waals surface area contributed by atoms with Crippen molar-refractivity contribution in [2.45, 2.75) is 13.5 Å². The van der Waals surface area contributed by atoms with Crippen LogP contribution in [0.25, 0.3) is 0 Å². The van der Waals surface area contributed by atoms with Crippen molar-refractivity contribution in [1.29, 1.82) is 0 Å². The maximum Gasteiger partial charge on any atom is 0.260 e. The summed E-state index contributed by atoms with van der Waals surface area (Å²) in [5.74, 6) is -0.216. The number of aromatic nitrogens is 4. The molecule has 1 amide bonds. The molecule has 1 N–H and O–H groups in total. The molecule has 0 spiro atoms. The first-order valence-corrected chi connectivity index (χ1v) is 5.27. The van der Waals surface area contributed by atoms with Crippen LogP contribution in [0.5, 0.6) is 0 Å². The second-order valence-corrected chi connectivity index (χ2v) is 3.62. The standard InChI is InChI=1S/C8H9N5OS/c1-2-13-4-6(3-10-13)7(14)11-8-12-9-5-15-8/h3-5H,2H2,1H3,(H,11,12,14). The lowest BCUT2D eigenvalue weighted by atomic mass is 10.3. The van der Waals surface area contributed by atoms with Crippen LogP contribution in [0.1, 0.15) is 17.3 Å². The fraction of sp³-hybridized carbons (Fsp3) is 0.250. The van der Waals surface area contributed by atoms with Crippen LogP contribution in [0, 0.1) is 0 Å². The molecule has 0 atom stereocenters. The van der Waals surface area contributed by atoms with Crippen LogP contribution in [0.15, 0.2) is 17.9 Å². The molecule has 0 saturated heterocycles. The normalized spacial score (nSPS) is 10.2. The van der Waals surface area contributed by atoms with E-state index in [-0.39, 0.29) is 5.91 Å². The first-order valence-electron chi connectivity index (χ1n) is 4.39. The summed E-state index contributed by atoms with van der Waals surface area (Å²) in [4.78, 5) is 11.6. The predicted octanol–water partition coefficient (Wildman–Crippen LogP) is 1.01. The Balaban J connectivity index is 2.08. The highest BCUT2D eigenvalue weighted by atomic mass is 32.1. The monoisotopic (exact) mass is 223 g/mol. The minimum absolute atomic E-state index is 0.216. The second-order valence-electron chi connectivity index (χ2n) is 2.78. The average molecular weight is 223 g/mol. The third-order valence-corrected chi connectivity index (χ3v) is 2.41. The lowest BCUT2D eigenvalue weighted by Crippen LogP contribution is -2.10. The van der Waals surface area contributed by atoms with Gasteiger partial charge in [0.15, 0.2) is 0 Å².